The number of hydrogen-bond acceptors (Lipinski definition) is 3. The number of carbonyl (C=O) groups excluding carboxylic acids is 1. The Morgan fingerprint density at radius 3 is 2.82 bits per heavy atom. The van der Waals surface area contributed by atoms with E-state index >= 15 is 0 Å². The zero-order valence-electron chi connectivity index (χ0n) is 15.7. The first-order valence-corrected chi connectivity index (χ1v) is 10.1. The number of amides is 1. The maximum Gasteiger partial charge on any atom is 0.233 e. The molecule has 4 heteroatoms. The van der Waals surface area contributed by atoms with Gasteiger partial charge in [0.1, 0.15) is 5.60 Å². The largest absolute Gasteiger partial charge is 0.364 e. The molecule has 0 bridgehead atoms. The number of ether oxygens (including phenoxy) is 1. The normalized spacial score (nSPS) is 24.6. The van der Waals surface area contributed by atoms with Gasteiger partial charge in [-0.15, -0.1) is 0 Å². The number of benzene rings is 2. The summed E-state index contributed by atoms with van der Waals surface area (Å²) in [5.74, 6) is 0.264. The molecule has 1 amide bonds. The molecule has 3 aromatic rings. The molecule has 1 saturated heterocycles. The van der Waals surface area contributed by atoms with Crippen molar-refractivity contribution in [2.75, 3.05) is 13.1 Å². The van der Waals surface area contributed by atoms with Crippen molar-refractivity contribution in [3.63, 3.8) is 0 Å². The molecule has 1 atom stereocenters. The van der Waals surface area contributed by atoms with Crippen LogP contribution in [0.4, 0.5) is 0 Å². The Hall–Kier alpha value is -2.72. The Morgan fingerprint density at radius 1 is 1.04 bits per heavy atom. The van der Waals surface area contributed by atoms with Gasteiger partial charge in [0.15, 0.2) is 0 Å². The summed E-state index contributed by atoms with van der Waals surface area (Å²) in [6, 6.07) is 18.7. The number of fused-ring (bicyclic) bond motifs is 3. The molecular weight excluding hydrogens is 348 g/mol. The molecule has 2 aromatic carbocycles. The highest BCUT2D eigenvalue weighted by Crippen LogP contribution is 2.52. The lowest BCUT2D eigenvalue weighted by molar-refractivity contribution is -0.134. The molecule has 3 heterocycles. The molecule has 1 aliphatic carbocycles. The summed E-state index contributed by atoms with van der Waals surface area (Å²) in [5, 5.41) is 1.10. The molecule has 1 aromatic heterocycles. The third-order valence-electron chi connectivity index (χ3n) is 6.85. The quantitative estimate of drug-likeness (QED) is 0.687. The molecule has 0 N–H and O–H groups in total. The lowest BCUT2D eigenvalue weighted by atomic mass is 9.91. The zero-order valence-corrected chi connectivity index (χ0v) is 15.7. The second kappa shape index (κ2) is 5.65. The van der Waals surface area contributed by atoms with E-state index in [1.54, 1.807) is 0 Å². The van der Waals surface area contributed by atoms with E-state index in [9.17, 15) is 4.79 Å². The first-order valence-electron chi connectivity index (χ1n) is 10.1. The Bertz CT molecular complexity index is 1100. The van der Waals surface area contributed by atoms with Crippen LogP contribution in [-0.4, -0.2) is 28.9 Å². The van der Waals surface area contributed by atoms with Gasteiger partial charge in [-0.05, 0) is 54.2 Å². The number of aromatic nitrogens is 1. The lowest BCUT2D eigenvalue weighted by Gasteiger charge is -2.27. The van der Waals surface area contributed by atoms with Crippen LogP contribution in [0.2, 0.25) is 0 Å². The van der Waals surface area contributed by atoms with Crippen molar-refractivity contribution in [3.05, 3.63) is 77.5 Å². The van der Waals surface area contributed by atoms with Crippen LogP contribution >= 0.6 is 0 Å². The van der Waals surface area contributed by atoms with Crippen molar-refractivity contribution < 1.29 is 9.53 Å². The van der Waals surface area contributed by atoms with Crippen LogP contribution in [0.15, 0.2) is 60.8 Å². The Kier molecular flexibility index (Phi) is 3.28. The second-order valence-corrected chi connectivity index (χ2v) is 8.41. The minimum Gasteiger partial charge on any atom is -0.364 e. The number of nitrogens with zero attached hydrogens (tertiary/aromatic N) is 2. The standard InChI is InChI=1S/C24H22N2O2/c27-22(23(9-10-23)19-7-8-21-17(14-19)5-3-12-25-21)26-13-11-24(16-26)20-6-2-1-4-18(20)15-28-24/h1-8,12,14H,9-11,13,15-16H2. The van der Waals surface area contributed by atoms with Crippen LogP contribution in [0.25, 0.3) is 10.9 Å². The van der Waals surface area contributed by atoms with Gasteiger partial charge >= 0.3 is 0 Å². The van der Waals surface area contributed by atoms with E-state index < -0.39 is 0 Å². The molecule has 1 spiro atoms. The number of pyridine rings is 1. The summed E-state index contributed by atoms with van der Waals surface area (Å²) in [6.07, 6.45) is 4.55. The monoisotopic (exact) mass is 370 g/mol. The third-order valence-corrected chi connectivity index (χ3v) is 6.85. The summed E-state index contributed by atoms with van der Waals surface area (Å²) in [7, 11) is 0. The molecule has 2 fully saturated rings. The van der Waals surface area contributed by atoms with Crippen LogP contribution in [0.3, 0.4) is 0 Å². The Labute approximate surface area is 164 Å². The van der Waals surface area contributed by atoms with Crippen LogP contribution in [0.1, 0.15) is 36.0 Å². The fraction of sp³-hybridized carbons (Fsp3) is 0.333. The van der Waals surface area contributed by atoms with E-state index in [0.717, 1.165) is 42.3 Å². The van der Waals surface area contributed by atoms with Crippen LogP contribution in [-0.2, 0) is 27.2 Å². The molecule has 3 aliphatic rings. The van der Waals surface area contributed by atoms with Crippen LogP contribution < -0.4 is 0 Å². The third kappa shape index (κ3) is 2.21. The van der Waals surface area contributed by atoms with Crippen molar-refractivity contribution in [3.8, 4) is 0 Å². The van der Waals surface area contributed by atoms with Gasteiger partial charge < -0.3 is 9.64 Å². The van der Waals surface area contributed by atoms with Gasteiger partial charge in [-0.3, -0.25) is 9.78 Å². The molecule has 0 radical (unpaired) electrons. The molecule has 1 unspecified atom stereocenters. The van der Waals surface area contributed by atoms with E-state index in [4.69, 9.17) is 4.74 Å². The number of rotatable bonds is 2. The molecule has 6 rings (SSSR count). The average Bonchev–Trinajstić information content (AvgIpc) is 3.33. The van der Waals surface area contributed by atoms with Crippen molar-refractivity contribution in [2.45, 2.75) is 36.9 Å². The van der Waals surface area contributed by atoms with E-state index in [2.05, 4.69) is 47.4 Å². The van der Waals surface area contributed by atoms with E-state index in [1.807, 2.05) is 23.2 Å². The Morgan fingerprint density at radius 2 is 1.93 bits per heavy atom. The highest BCUT2D eigenvalue weighted by atomic mass is 16.5. The van der Waals surface area contributed by atoms with Gasteiger partial charge in [-0.1, -0.05) is 36.4 Å². The molecular formula is C24H22N2O2. The lowest BCUT2D eigenvalue weighted by Crippen LogP contribution is -2.40. The number of hydrogen-bond donors (Lipinski definition) is 0. The molecule has 2 aliphatic heterocycles. The summed E-state index contributed by atoms with van der Waals surface area (Å²) >= 11 is 0. The molecule has 140 valence electrons. The van der Waals surface area contributed by atoms with Crippen molar-refractivity contribution in [2.24, 2.45) is 0 Å². The highest BCUT2D eigenvalue weighted by Gasteiger charge is 2.56. The molecule has 1 saturated carbocycles. The van der Waals surface area contributed by atoms with Crippen molar-refractivity contribution >= 4 is 16.8 Å². The predicted octanol–water partition coefficient (Wildman–Crippen LogP) is 3.92. The van der Waals surface area contributed by atoms with Gasteiger partial charge in [-0.2, -0.15) is 0 Å². The van der Waals surface area contributed by atoms with E-state index in [0.29, 0.717) is 13.2 Å². The Balaban J connectivity index is 1.30. The minimum absolute atomic E-state index is 0.264. The van der Waals surface area contributed by atoms with Crippen LogP contribution in [0, 0.1) is 0 Å². The fourth-order valence-corrected chi connectivity index (χ4v) is 5.10. The van der Waals surface area contributed by atoms with Crippen molar-refractivity contribution in [1.29, 1.82) is 0 Å². The highest BCUT2D eigenvalue weighted by molar-refractivity contribution is 5.93. The SMILES string of the molecule is O=C(N1CCC2(C1)OCc1ccccc12)C1(c2ccc3ncccc3c2)CC1. The first kappa shape index (κ1) is 16.3. The maximum absolute atomic E-state index is 13.6. The van der Waals surface area contributed by atoms with Gasteiger partial charge in [0.2, 0.25) is 5.91 Å². The van der Waals surface area contributed by atoms with Crippen LogP contribution in [0.5, 0.6) is 0 Å². The van der Waals surface area contributed by atoms with Crippen molar-refractivity contribution in [1.82, 2.24) is 9.88 Å². The second-order valence-electron chi connectivity index (χ2n) is 8.41. The van der Waals surface area contributed by atoms with E-state index in [1.165, 1.54) is 11.1 Å². The van der Waals surface area contributed by atoms with Gasteiger partial charge in [0.05, 0.1) is 24.1 Å². The zero-order chi connectivity index (χ0) is 18.8. The van der Waals surface area contributed by atoms with E-state index in [-0.39, 0.29) is 16.9 Å². The summed E-state index contributed by atoms with van der Waals surface area (Å²) < 4.78 is 6.25. The number of carbonyl (C=O) groups is 1. The summed E-state index contributed by atoms with van der Waals surface area (Å²) in [5.41, 5.74) is 3.98. The predicted molar refractivity (Wildman–Crippen MR) is 107 cm³/mol. The van der Waals surface area contributed by atoms with Gasteiger partial charge in [-0.25, -0.2) is 0 Å². The topological polar surface area (TPSA) is 42.4 Å². The molecule has 28 heavy (non-hydrogen) atoms. The molecule has 4 nitrogen and oxygen atoms in total. The fourth-order valence-electron chi connectivity index (χ4n) is 5.10. The summed E-state index contributed by atoms with van der Waals surface area (Å²) in [4.78, 5) is 20.0. The smallest absolute Gasteiger partial charge is 0.233 e. The van der Waals surface area contributed by atoms with Gasteiger partial charge in [0.25, 0.3) is 0 Å². The maximum atomic E-state index is 13.6. The first-order chi connectivity index (χ1) is 13.7. The number of likely N-dealkylation sites (tertiary alicyclic amines) is 1. The van der Waals surface area contributed by atoms with Gasteiger partial charge in [0, 0.05) is 18.1 Å². The minimum atomic E-state index is -0.353. The summed E-state index contributed by atoms with van der Waals surface area (Å²) in [6.45, 7) is 2.09. The average molecular weight is 370 g/mol.